The van der Waals surface area contributed by atoms with Crippen LogP contribution < -0.4 is 16.4 Å². The van der Waals surface area contributed by atoms with E-state index >= 15 is 0 Å². The molecule has 0 spiro atoms. The quantitative estimate of drug-likeness (QED) is 0.267. The molecule has 0 fully saturated rings. The smallest absolute Gasteiger partial charge is 0.303 e. The minimum absolute atomic E-state index is 0.0536. The predicted octanol–water partition coefficient (Wildman–Crippen LogP) is 0.594. The maximum Gasteiger partial charge on any atom is 0.303 e. The van der Waals surface area contributed by atoms with Gasteiger partial charge in [-0.25, -0.2) is 0 Å². The van der Waals surface area contributed by atoms with Crippen molar-refractivity contribution in [3.05, 3.63) is 54.4 Å². The Labute approximate surface area is 195 Å². The molecule has 182 valence electrons. The zero-order valence-corrected chi connectivity index (χ0v) is 18.5. The molecule has 2 rings (SSSR count). The number of nitrogens with one attached hydrogen (secondary N) is 2. The van der Waals surface area contributed by atoms with Crippen molar-refractivity contribution in [2.75, 3.05) is 0 Å². The minimum Gasteiger partial charge on any atom is -0.481 e. The number of aromatic nitrogens is 1. The fourth-order valence-corrected chi connectivity index (χ4v) is 3.23. The number of aryl methyl sites for hydroxylation is 1. The fourth-order valence-electron chi connectivity index (χ4n) is 3.23. The average Bonchev–Trinajstić information content (AvgIpc) is 3.32. The van der Waals surface area contributed by atoms with E-state index in [0.29, 0.717) is 6.42 Å². The number of primary amides is 1. The summed E-state index contributed by atoms with van der Waals surface area (Å²) in [5, 5.41) is 22.5. The summed E-state index contributed by atoms with van der Waals surface area (Å²) < 4.78 is 1.94. The molecule has 0 unspecified atom stereocenters. The van der Waals surface area contributed by atoms with Gasteiger partial charge in [-0.3, -0.25) is 24.0 Å². The summed E-state index contributed by atoms with van der Waals surface area (Å²) in [5.41, 5.74) is 7.09. The number of rotatable bonds is 14. The van der Waals surface area contributed by atoms with Gasteiger partial charge < -0.3 is 31.1 Å². The predicted molar refractivity (Wildman–Crippen MR) is 121 cm³/mol. The molecule has 3 amide bonds. The third kappa shape index (κ3) is 8.77. The highest BCUT2D eigenvalue weighted by Crippen LogP contribution is 2.12. The Morgan fingerprint density at radius 3 is 1.91 bits per heavy atom. The summed E-state index contributed by atoms with van der Waals surface area (Å²) in [4.78, 5) is 58.3. The van der Waals surface area contributed by atoms with Crippen LogP contribution in [0.4, 0.5) is 0 Å². The maximum absolute atomic E-state index is 12.6. The number of carboxylic acid groups (broad SMARTS) is 2. The number of carbonyl (C=O) groups is 5. The molecule has 0 aliphatic carbocycles. The summed E-state index contributed by atoms with van der Waals surface area (Å²) in [5.74, 6) is -4.54. The van der Waals surface area contributed by atoms with Gasteiger partial charge in [0.25, 0.3) is 0 Å². The molecule has 11 nitrogen and oxygen atoms in total. The van der Waals surface area contributed by atoms with Crippen molar-refractivity contribution in [2.45, 2.75) is 50.6 Å². The molecule has 0 radical (unpaired) electrons. The number of hydrogen-bond donors (Lipinski definition) is 5. The van der Waals surface area contributed by atoms with E-state index in [4.69, 9.17) is 15.9 Å². The van der Waals surface area contributed by atoms with E-state index in [9.17, 15) is 24.0 Å². The van der Waals surface area contributed by atoms with E-state index in [1.807, 2.05) is 53.4 Å². The van der Waals surface area contributed by atoms with Crippen molar-refractivity contribution in [3.8, 4) is 5.69 Å². The lowest BCUT2D eigenvalue weighted by atomic mass is 10.1. The van der Waals surface area contributed by atoms with Crippen LogP contribution in [-0.4, -0.2) is 56.5 Å². The Hall–Kier alpha value is -4.15. The van der Waals surface area contributed by atoms with Gasteiger partial charge >= 0.3 is 11.9 Å². The van der Waals surface area contributed by atoms with Gasteiger partial charge in [-0.2, -0.15) is 0 Å². The van der Waals surface area contributed by atoms with Crippen molar-refractivity contribution < 1.29 is 34.2 Å². The minimum atomic E-state index is -1.26. The zero-order valence-electron chi connectivity index (χ0n) is 18.5. The van der Waals surface area contributed by atoms with E-state index in [2.05, 4.69) is 10.6 Å². The molecule has 1 aromatic heterocycles. The summed E-state index contributed by atoms with van der Waals surface area (Å²) in [6, 6.07) is 8.95. The second-order valence-electron chi connectivity index (χ2n) is 7.71. The highest BCUT2D eigenvalue weighted by Gasteiger charge is 2.26. The SMILES string of the molecule is NC(=O)[C@H](CCC(=O)O)NC(=O)[C@H](CCC(=O)O)NC(=O)CCc1ccc(-n2cccc2)cc1. The first-order valence-corrected chi connectivity index (χ1v) is 10.7. The second-order valence-corrected chi connectivity index (χ2v) is 7.71. The lowest BCUT2D eigenvalue weighted by Gasteiger charge is -2.21. The average molecular weight is 472 g/mol. The molecule has 2 atom stereocenters. The molecule has 0 saturated heterocycles. The van der Waals surface area contributed by atoms with Crippen LogP contribution >= 0.6 is 0 Å². The van der Waals surface area contributed by atoms with E-state index in [1.54, 1.807) is 0 Å². The van der Waals surface area contributed by atoms with Crippen molar-refractivity contribution in [1.82, 2.24) is 15.2 Å². The molecule has 2 aromatic rings. The largest absolute Gasteiger partial charge is 0.481 e. The van der Waals surface area contributed by atoms with Gasteiger partial charge in [0.1, 0.15) is 12.1 Å². The number of benzene rings is 1. The third-order valence-electron chi connectivity index (χ3n) is 5.09. The molecular weight excluding hydrogens is 444 g/mol. The normalized spacial score (nSPS) is 12.4. The first kappa shape index (κ1) is 26.1. The number of amides is 3. The lowest BCUT2D eigenvalue weighted by Crippen LogP contribution is -2.53. The van der Waals surface area contributed by atoms with Gasteiger partial charge in [0.2, 0.25) is 17.7 Å². The molecule has 0 saturated carbocycles. The Balaban J connectivity index is 1.95. The molecular formula is C23H28N4O7. The van der Waals surface area contributed by atoms with Gasteiger partial charge in [-0.05, 0) is 49.1 Å². The van der Waals surface area contributed by atoms with Crippen molar-refractivity contribution in [1.29, 1.82) is 0 Å². The number of aliphatic carboxylic acids is 2. The van der Waals surface area contributed by atoms with Crippen LogP contribution in [0.15, 0.2) is 48.8 Å². The Kier molecular flexibility index (Phi) is 9.81. The van der Waals surface area contributed by atoms with E-state index in [1.165, 1.54) is 0 Å². The first-order valence-electron chi connectivity index (χ1n) is 10.7. The highest BCUT2D eigenvalue weighted by molar-refractivity contribution is 5.92. The summed E-state index contributed by atoms with van der Waals surface area (Å²) in [7, 11) is 0. The molecule has 0 aliphatic rings. The van der Waals surface area contributed by atoms with Gasteiger partial charge in [0.05, 0.1) is 0 Å². The maximum atomic E-state index is 12.6. The molecule has 11 heteroatoms. The number of nitrogens with zero attached hydrogens (tertiary/aromatic N) is 1. The first-order chi connectivity index (χ1) is 16.2. The van der Waals surface area contributed by atoms with Gasteiger partial charge in [0.15, 0.2) is 0 Å². The van der Waals surface area contributed by atoms with Crippen molar-refractivity contribution >= 4 is 29.7 Å². The molecule has 1 aromatic carbocycles. The lowest BCUT2D eigenvalue weighted by molar-refractivity contribution is -0.139. The van der Waals surface area contributed by atoms with Crippen LogP contribution in [0.3, 0.4) is 0 Å². The Morgan fingerprint density at radius 1 is 0.824 bits per heavy atom. The van der Waals surface area contributed by atoms with Crippen molar-refractivity contribution in [3.63, 3.8) is 0 Å². The van der Waals surface area contributed by atoms with E-state index in [-0.39, 0.29) is 19.3 Å². The zero-order chi connectivity index (χ0) is 25.1. The highest BCUT2D eigenvalue weighted by atomic mass is 16.4. The summed E-state index contributed by atoms with van der Waals surface area (Å²) in [6.45, 7) is 0. The monoisotopic (exact) mass is 472 g/mol. The van der Waals surface area contributed by atoms with Crippen LogP contribution in [-0.2, 0) is 30.4 Å². The Bertz CT molecular complexity index is 1000. The van der Waals surface area contributed by atoms with Gasteiger partial charge in [-0.1, -0.05) is 12.1 Å². The summed E-state index contributed by atoms with van der Waals surface area (Å²) >= 11 is 0. The number of carboxylic acids is 2. The topological polar surface area (TPSA) is 181 Å². The second kappa shape index (κ2) is 12.8. The van der Waals surface area contributed by atoms with Gasteiger partial charge in [-0.15, -0.1) is 0 Å². The summed E-state index contributed by atoms with van der Waals surface area (Å²) in [6.07, 6.45) is 3.05. The number of hydrogen-bond acceptors (Lipinski definition) is 5. The van der Waals surface area contributed by atoms with Crippen LogP contribution in [0.5, 0.6) is 0 Å². The van der Waals surface area contributed by atoms with Crippen LogP contribution in [0.1, 0.15) is 37.7 Å². The fraction of sp³-hybridized carbons (Fsp3) is 0.348. The molecule has 0 bridgehead atoms. The van der Waals surface area contributed by atoms with E-state index in [0.717, 1.165) is 11.3 Å². The van der Waals surface area contributed by atoms with E-state index < -0.39 is 54.6 Å². The standard InChI is InChI=1S/C23H28N4O7/c24-22(33)17(8-11-20(29)30)26-23(34)18(9-12-21(31)32)25-19(28)10-5-15-3-6-16(7-4-15)27-13-1-2-14-27/h1-4,6-7,13-14,17-18H,5,8-12H2,(H2,24,33)(H,25,28)(H,26,34)(H,29,30)(H,31,32)/t17-,18-/m0/s1. The molecule has 1 heterocycles. The van der Waals surface area contributed by atoms with Gasteiger partial charge in [0, 0.05) is 37.3 Å². The molecule has 34 heavy (non-hydrogen) atoms. The van der Waals surface area contributed by atoms with Crippen LogP contribution in [0.25, 0.3) is 5.69 Å². The third-order valence-corrected chi connectivity index (χ3v) is 5.09. The number of nitrogens with two attached hydrogens (primary N) is 1. The van der Waals surface area contributed by atoms with Crippen LogP contribution in [0.2, 0.25) is 0 Å². The molecule has 6 N–H and O–H groups in total. The Morgan fingerprint density at radius 2 is 1.38 bits per heavy atom. The van der Waals surface area contributed by atoms with Crippen LogP contribution in [0, 0.1) is 0 Å². The molecule has 0 aliphatic heterocycles. The van der Waals surface area contributed by atoms with Crippen molar-refractivity contribution in [2.24, 2.45) is 5.73 Å². The number of carbonyl (C=O) groups excluding carboxylic acids is 3.